The zero-order chi connectivity index (χ0) is 15.4. The summed E-state index contributed by atoms with van der Waals surface area (Å²) in [5.41, 5.74) is 1.14. The van der Waals surface area contributed by atoms with Crippen molar-refractivity contribution in [3.05, 3.63) is 57.6 Å². The molecule has 0 bridgehead atoms. The topological polar surface area (TPSA) is 35.5 Å². The van der Waals surface area contributed by atoms with Gasteiger partial charge in [0, 0.05) is 10.0 Å². The fourth-order valence-electron chi connectivity index (χ4n) is 1.73. The van der Waals surface area contributed by atoms with Crippen LogP contribution in [0.1, 0.15) is 22.8 Å². The van der Waals surface area contributed by atoms with Crippen LogP contribution in [0.4, 0.5) is 0 Å². The minimum atomic E-state index is -0.493. The van der Waals surface area contributed by atoms with Crippen molar-refractivity contribution in [2.24, 2.45) is 0 Å². The minimum Gasteiger partial charge on any atom is -0.494 e. The fraction of sp³-hybridized carbons (Fsp3) is 0.188. The average Bonchev–Trinajstić information content (AvgIpc) is 2.45. The highest BCUT2D eigenvalue weighted by molar-refractivity contribution is 6.36. The molecule has 2 aromatic carbocycles. The molecule has 110 valence electrons. The van der Waals surface area contributed by atoms with Crippen LogP contribution in [0, 0.1) is 6.92 Å². The largest absolute Gasteiger partial charge is 0.494 e. The second kappa shape index (κ2) is 6.83. The molecule has 2 aromatic rings. The van der Waals surface area contributed by atoms with Crippen LogP contribution in [-0.4, -0.2) is 12.6 Å². The lowest BCUT2D eigenvalue weighted by molar-refractivity contribution is 0.0734. The molecule has 0 radical (unpaired) electrons. The second-order valence-electron chi connectivity index (χ2n) is 4.36. The molecular formula is C16H14Cl2O3. The van der Waals surface area contributed by atoms with Gasteiger partial charge in [-0.25, -0.2) is 4.79 Å². The Morgan fingerprint density at radius 1 is 1.10 bits per heavy atom. The molecule has 0 spiro atoms. The summed E-state index contributed by atoms with van der Waals surface area (Å²) in [5.74, 6) is 0.432. The molecule has 0 aromatic heterocycles. The van der Waals surface area contributed by atoms with E-state index < -0.39 is 5.97 Å². The first-order valence-corrected chi connectivity index (χ1v) is 7.17. The first-order valence-electron chi connectivity index (χ1n) is 6.42. The van der Waals surface area contributed by atoms with E-state index in [9.17, 15) is 4.79 Å². The van der Waals surface area contributed by atoms with Gasteiger partial charge in [0.1, 0.15) is 11.5 Å². The van der Waals surface area contributed by atoms with Crippen molar-refractivity contribution >= 4 is 29.2 Å². The van der Waals surface area contributed by atoms with Crippen molar-refractivity contribution in [1.82, 2.24) is 0 Å². The van der Waals surface area contributed by atoms with Gasteiger partial charge in [-0.15, -0.1) is 0 Å². The van der Waals surface area contributed by atoms with Crippen LogP contribution in [0.3, 0.4) is 0 Å². The summed E-state index contributed by atoms with van der Waals surface area (Å²) in [6, 6.07) is 9.92. The molecule has 0 fully saturated rings. The summed E-state index contributed by atoms with van der Waals surface area (Å²) in [6.45, 7) is 4.20. The summed E-state index contributed by atoms with van der Waals surface area (Å²) < 4.78 is 10.6. The lowest BCUT2D eigenvalue weighted by atomic mass is 10.2. The Hall–Kier alpha value is -1.71. The maximum Gasteiger partial charge on any atom is 0.343 e. The van der Waals surface area contributed by atoms with E-state index >= 15 is 0 Å². The monoisotopic (exact) mass is 324 g/mol. The SMILES string of the molecule is CCOc1cccc(C(=O)Oc2cc(Cl)c(C)c(Cl)c2)c1. The quantitative estimate of drug-likeness (QED) is 0.591. The average molecular weight is 325 g/mol. The molecule has 5 heteroatoms. The predicted octanol–water partition coefficient (Wildman–Crippen LogP) is 4.92. The number of esters is 1. The molecule has 3 nitrogen and oxygen atoms in total. The van der Waals surface area contributed by atoms with Gasteiger partial charge in [0.05, 0.1) is 12.2 Å². The molecule has 0 heterocycles. The molecule has 0 amide bonds. The zero-order valence-corrected chi connectivity index (χ0v) is 13.2. The van der Waals surface area contributed by atoms with E-state index in [1.807, 2.05) is 6.92 Å². The maximum atomic E-state index is 12.1. The van der Waals surface area contributed by atoms with Gasteiger partial charge in [-0.2, -0.15) is 0 Å². The van der Waals surface area contributed by atoms with Gasteiger partial charge in [0.25, 0.3) is 0 Å². The Labute approximate surface area is 133 Å². The third-order valence-electron chi connectivity index (χ3n) is 2.85. The summed E-state index contributed by atoms with van der Waals surface area (Å²) in [7, 11) is 0. The summed E-state index contributed by atoms with van der Waals surface area (Å²) >= 11 is 12.0. The normalized spacial score (nSPS) is 10.3. The minimum absolute atomic E-state index is 0.308. The van der Waals surface area contributed by atoms with Gasteiger partial charge < -0.3 is 9.47 Å². The van der Waals surface area contributed by atoms with E-state index in [0.717, 1.165) is 5.56 Å². The Balaban J connectivity index is 2.20. The maximum absolute atomic E-state index is 12.1. The number of ether oxygens (including phenoxy) is 2. The summed E-state index contributed by atoms with van der Waals surface area (Å²) in [5, 5.41) is 0.904. The lowest BCUT2D eigenvalue weighted by Gasteiger charge is -2.09. The fourth-order valence-corrected chi connectivity index (χ4v) is 2.19. The molecule has 2 rings (SSSR count). The first-order chi connectivity index (χ1) is 10.0. The molecule has 0 atom stereocenters. The molecule has 0 aliphatic heterocycles. The van der Waals surface area contributed by atoms with Crippen molar-refractivity contribution < 1.29 is 14.3 Å². The van der Waals surface area contributed by atoms with E-state index in [0.29, 0.717) is 33.7 Å². The van der Waals surface area contributed by atoms with E-state index in [1.165, 1.54) is 0 Å². The molecule has 0 aliphatic carbocycles. The summed E-state index contributed by atoms with van der Waals surface area (Å²) in [4.78, 5) is 12.1. The molecular weight excluding hydrogens is 311 g/mol. The Morgan fingerprint density at radius 3 is 2.38 bits per heavy atom. The van der Waals surface area contributed by atoms with E-state index in [2.05, 4.69) is 0 Å². The van der Waals surface area contributed by atoms with Gasteiger partial charge >= 0.3 is 5.97 Å². The van der Waals surface area contributed by atoms with Crippen LogP contribution in [0.25, 0.3) is 0 Å². The van der Waals surface area contributed by atoms with Crippen LogP contribution in [0.2, 0.25) is 10.0 Å². The van der Waals surface area contributed by atoms with E-state index in [-0.39, 0.29) is 0 Å². The highest BCUT2D eigenvalue weighted by Gasteiger charge is 2.12. The molecule has 21 heavy (non-hydrogen) atoms. The van der Waals surface area contributed by atoms with Gasteiger partial charge in [-0.05, 0) is 49.7 Å². The van der Waals surface area contributed by atoms with Gasteiger partial charge in [0.15, 0.2) is 0 Å². The van der Waals surface area contributed by atoms with Crippen LogP contribution in [0.15, 0.2) is 36.4 Å². The number of hydrogen-bond donors (Lipinski definition) is 0. The number of benzene rings is 2. The van der Waals surface area contributed by atoms with Gasteiger partial charge in [0.2, 0.25) is 0 Å². The lowest BCUT2D eigenvalue weighted by Crippen LogP contribution is -2.09. The zero-order valence-electron chi connectivity index (χ0n) is 11.7. The highest BCUT2D eigenvalue weighted by atomic mass is 35.5. The van der Waals surface area contributed by atoms with E-state index in [1.54, 1.807) is 43.3 Å². The van der Waals surface area contributed by atoms with Crippen LogP contribution in [-0.2, 0) is 0 Å². The van der Waals surface area contributed by atoms with Crippen molar-refractivity contribution in [1.29, 1.82) is 0 Å². The van der Waals surface area contributed by atoms with E-state index in [4.69, 9.17) is 32.7 Å². The van der Waals surface area contributed by atoms with Gasteiger partial charge in [-0.3, -0.25) is 0 Å². The Morgan fingerprint density at radius 2 is 1.76 bits per heavy atom. The Kier molecular flexibility index (Phi) is 5.10. The molecule has 0 N–H and O–H groups in total. The van der Waals surface area contributed by atoms with Crippen molar-refractivity contribution in [2.75, 3.05) is 6.61 Å². The molecule has 0 aliphatic rings. The predicted molar refractivity (Wildman–Crippen MR) is 83.8 cm³/mol. The number of hydrogen-bond acceptors (Lipinski definition) is 3. The highest BCUT2D eigenvalue weighted by Crippen LogP contribution is 2.30. The number of carbonyl (C=O) groups excluding carboxylic acids is 1. The molecule has 0 unspecified atom stereocenters. The number of carbonyl (C=O) groups is 1. The third-order valence-corrected chi connectivity index (χ3v) is 3.63. The Bertz CT molecular complexity index is 645. The van der Waals surface area contributed by atoms with Crippen LogP contribution in [0.5, 0.6) is 11.5 Å². The molecule has 0 saturated carbocycles. The third kappa shape index (κ3) is 3.90. The van der Waals surface area contributed by atoms with Crippen molar-refractivity contribution in [3.63, 3.8) is 0 Å². The first kappa shape index (κ1) is 15.7. The van der Waals surface area contributed by atoms with Gasteiger partial charge in [-0.1, -0.05) is 29.3 Å². The van der Waals surface area contributed by atoms with Crippen LogP contribution >= 0.6 is 23.2 Å². The smallest absolute Gasteiger partial charge is 0.343 e. The number of rotatable bonds is 4. The molecule has 0 saturated heterocycles. The summed E-state index contributed by atoms with van der Waals surface area (Å²) in [6.07, 6.45) is 0. The standard InChI is InChI=1S/C16H14Cl2O3/c1-3-20-12-6-4-5-11(7-12)16(19)21-13-8-14(17)10(2)15(18)9-13/h4-9H,3H2,1-2H3. The number of halogens is 2. The second-order valence-corrected chi connectivity index (χ2v) is 5.18. The van der Waals surface area contributed by atoms with Crippen molar-refractivity contribution in [2.45, 2.75) is 13.8 Å². The van der Waals surface area contributed by atoms with Crippen molar-refractivity contribution in [3.8, 4) is 11.5 Å². The van der Waals surface area contributed by atoms with Crippen LogP contribution < -0.4 is 9.47 Å².